The molecule has 0 N–H and O–H groups in total. The van der Waals surface area contributed by atoms with E-state index in [1.165, 1.54) is 12.8 Å². The van der Waals surface area contributed by atoms with E-state index in [4.69, 9.17) is 0 Å². The van der Waals surface area contributed by atoms with Crippen molar-refractivity contribution >= 4 is 5.78 Å². The van der Waals surface area contributed by atoms with Gasteiger partial charge in [-0.1, -0.05) is 6.92 Å². The predicted octanol–water partition coefficient (Wildman–Crippen LogP) is 2.26. The second-order valence-corrected chi connectivity index (χ2v) is 4.88. The van der Waals surface area contributed by atoms with Gasteiger partial charge in [0.25, 0.3) is 0 Å². The Bertz CT molecular complexity index is 219. The van der Waals surface area contributed by atoms with Crippen LogP contribution in [0.4, 0.5) is 0 Å². The van der Waals surface area contributed by atoms with E-state index in [0.29, 0.717) is 11.7 Å². The maximum atomic E-state index is 11.7. The standard InChI is InChI=1S/C11H16O/c1-2-3-9(12)10-6-4-7-8(5-6)11(7)10/h6-8,10-11H,2-5H2,1H3/t6?,7-,8+,10-,11?/m0/s1. The second-order valence-electron chi connectivity index (χ2n) is 4.88. The number of Topliss-reactive ketones (excluding diaryl/α,β-unsaturated/α-hetero) is 1. The van der Waals surface area contributed by atoms with Gasteiger partial charge in [0, 0.05) is 12.3 Å². The quantitative estimate of drug-likeness (QED) is 0.625. The summed E-state index contributed by atoms with van der Waals surface area (Å²) in [6.45, 7) is 2.11. The fourth-order valence-corrected chi connectivity index (χ4v) is 3.96. The smallest absolute Gasteiger partial charge is 0.136 e. The lowest BCUT2D eigenvalue weighted by molar-refractivity contribution is -0.124. The van der Waals surface area contributed by atoms with Crippen LogP contribution in [-0.2, 0) is 4.79 Å². The van der Waals surface area contributed by atoms with Gasteiger partial charge in [0.1, 0.15) is 5.78 Å². The Morgan fingerprint density at radius 2 is 2.00 bits per heavy atom. The SMILES string of the molecule is CCCC(=O)[C@@H]1C2C[C@@H]3C1[C@@H]3C2. The van der Waals surface area contributed by atoms with Crippen LogP contribution in [0.1, 0.15) is 32.6 Å². The molecule has 0 aromatic carbocycles. The van der Waals surface area contributed by atoms with E-state index in [2.05, 4.69) is 6.92 Å². The lowest BCUT2D eigenvalue weighted by Crippen LogP contribution is -2.17. The number of hydrogen-bond acceptors (Lipinski definition) is 1. The maximum absolute atomic E-state index is 11.7. The van der Waals surface area contributed by atoms with Crippen LogP contribution in [0.3, 0.4) is 0 Å². The molecule has 4 rings (SSSR count). The third-order valence-corrected chi connectivity index (χ3v) is 4.34. The Labute approximate surface area is 73.5 Å². The van der Waals surface area contributed by atoms with Crippen LogP contribution in [0.25, 0.3) is 0 Å². The fraction of sp³-hybridized carbons (Fsp3) is 0.909. The Balaban J connectivity index is 1.75. The monoisotopic (exact) mass is 164 g/mol. The Kier molecular flexibility index (Phi) is 1.26. The average molecular weight is 164 g/mol. The van der Waals surface area contributed by atoms with Gasteiger partial charge in [0.2, 0.25) is 0 Å². The molecule has 4 bridgehead atoms. The molecule has 4 aliphatic carbocycles. The van der Waals surface area contributed by atoms with E-state index < -0.39 is 0 Å². The lowest BCUT2D eigenvalue weighted by atomic mass is 9.91. The molecule has 0 aromatic heterocycles. The highest BCUT2D eigenvalue weighted by Gasteiger charge is 2.69. The highest BCUT2D eigenvalue weighted by Crippen LogP contribution is 2.73. The molecule has 4 fully saturated rings. The molecule has 0 spiro atoms. The van der Waals surface area contributed by atoms with Gasteiger partial charge in [-0.25, -0.2) is 0 Å². The van der Waals surface area contributed by atoms with Crippen molar-refractivity contribution in [2.75, 3.05) is 0 Å². The molecule has 2 unspecified atom stereocenters. The van der Waals surface area contributed by atoms with Crippen molar-refractivity contribution in [1.29, 1.82) is 0 Å². The predicted molar refractivity (Wildman–Crippen MR) is 46.6 cm³/mol. The zero-order valence-corrected chi connectivity index (χ0v) is 7.62. The van der Waals surface area contributed by atoms with Gasteiger partial charge in [-0.05, 0) is 42.9 Å². The molecule has 0 radical (unpaired) electrons. The molecule has 66 valence electrons. The molecule has 1 heteroatoms. The molecule has 0 amide bonds. The number of ketones is 1. The first-order chi connectivity index (χ1) is 5.83. The van der Waals surface area contributed by atoms with Gasteiger partial charge >= 0.3 is 0 Å². The lowest BCUT2D eigenvalue weighted by Gasteiger charge is -2.12. The van der Waals surface area contributed by atoms with Gasteiger partial charge < -0.3 is 0 Å². The third-order valence-electron chi connectivity index (χ3n) is 4.34. The van der Waals surface area contributed by atoms with E-state index >= 15 is 0 Å². The van der Waals surface area contributed by atoms with E-state index in [9.17, 15) is 4.79 Å². The topological polar surface area (TPSA) is 17.1 Å². The summed E-state index contributed by atoms with van der Waals surface area (Å²) in [5.74, 6) is 4.81. The summed E-state index contributed by atoms with van der Waals surface area (Å²) >= 11 is 0. The largest absolute Gasteiger partial charge is 0.299 e. The molecule has 4 saturated carbocycles. The second kappa shape index (κ2) is 2.12. The van der Waals surface area contributed by atoms with Crippen molar-refractivity contribution in [1.82, 2.24) is 0 Å². The molecule has 5 atom stereocenters. The van der Waals surface area contributed by atoms with Gasteiger partial charge in [-0.3, -0.25) is 4.79 Å². The minimum Gasteiger partial charge on any atom is -0.299 e. The molecule has 4 aliphatic rings. The first-order valence-corrected chi connectivity index (χ1v) is 5.35. The third kappa shape index (κ3) is 0.681. The summed E-state index contributed by atoms with van der Waals surface area (Å²) in [5, 5.41) is 0. The summed E-state index contributed by atoms with van der Waals surface area (Å²) < 4.78 is 0. The number of carbonyl (C=O) groups is 1. The van der Waals surface area contributed by atoms with Crippen LogP contribution in [0.15, 0.2) is 0 Å². The van der Waals surface area contributed by atoms with E-state index in [0.717, 1.165) is 36.5 Å². The van der Waals surface area contributed by atoms with E-state index in [-0.39, 0.29) is 0 Å². The first-order valence-electron chi connectivity index (χ1n) is 5.35. The van der Waals surface area contributed by atoms with E-state index in [1.54, 1.807) is 0 Å². The van der Waals surface area contributed by atoms with Crippen molar-refractivity contribution in [2.45, 2.75) is 32.6 Å². The minimum atomic E-state index is 0.528. The Hall–Kier alpha value is -0.330. The van der Waals surface area contributed by atoms with Crippen molar-refractivity contribution in [2.24, 2.45) is 29.6 Å². The Morgan fingerprint density at radius 3 is 2.42 bits per heavy atom. The fourth-order valence-electron chi connectivity index (χ4n) is 3.96. The van der Waals surface area contributed by atoms with Crippen molar-refractivity contribution < 1.29 is 4.79 Å². The van der Waals surface area contributed by atoms with Gasteiger partial charge in [0.05, 0.1) is 0 Å². The van der Waals surface area contributed by atoms with E-state index in [1.807, 2.05) is 0 Å². The van der Waals surface area contributed by atoms with Gasteiger partial charge in [-0.2, -0.15) is 0 Å². The van der Waals surface area contributed by atoms with Crippen LogP contribution in [0, 0.1) is 29.6 Å². The summed E-state index contributed by atoms with van der Waals surface area (Å²) in [5.41, 5.74) is 0. The van der Waals surface area contributed by atoms with Crippen molar-refractivity contribution in [3.8, 4) is 0 Å². The first kappa shape index (κ1) is 7.11. The van der Waals surface area contributed by atoms with Gasteiger partial charge in [0.15, 0.2) is 0 Å². The number of rotatable bonds is 3. The van der Waals surface area contributed by atoms with Crippen LogP contribution in [-0.4, -0.2) is 5.78 Å². The van der Waals surface area contributed by atoms with Crippen LogP contribution >= 0.6 is 0 Å². The zero-order chi connectivity index (χ0) is 8.29. The van der Waals surface area contributed by atoms with Gasteiger partial charge in [-0.15, -0.1) is 0 Å². The van der Waals surface area contributed by atoms with Crippen molar-refractivity contribution in [3.63, 3.8) is 0 Å². The summed E-state index contributed by atoms with van der Waals surface area (Å²) in [7, 11) is 0. The molecule has 0 saturated heterocycles. The molecule has 0 aliphatic heterocycles. The normalized spacial score (nSPS) is 52.9. The molecular formula is C11H16O. The average Bonchev–Trinajstić information content (AvgIpc) is 2.53. The van der Waals surface area contributed by atoms with Crippen molar-refractivity contribution in [3.05, 3.63) is 0 Å². The summed E-state index contributed by atoms with van der Waals surface area (Å²) in [4.78, 5) is 11.7. The molecule has 0 aromatic rings. The van der Waals surface area contributed by atoms with Crippen LogP contribution < -0.4 is 0 Å². The number of carbonyl (C=O) groups excluding carboxylic acids is 1. The molecular weight excluding hydrogens is 148 g/mol. The maximum Gasteiger partial charge on any atom is 0.136 e. The molecule has 1 nitrogen and oxygen atoms in total. The van der Waals surface area contributed by atoms with Crippen LogP contribution in [0.5, 0.6) is 0 Å². The highest BCUT2D eigenvalue weighted by molar-refractivity contribution is 5.83. The molecule has 12 heavy (non-hydrogen) atoms. The molecule has 0 heterocycles. The van der Waals surface area contributed by atoms with Crippen LogP contribution in [0.2, 0.25) is 0 Å². The number of hydrogen-bond donors (Lipinski definition) is 0. The highest BCUT2D eigenvalue weighted by atomic mass is 16.1. The summed E-state index contributed by atoms with van der Waals surface area (Å²) in [6, 6.07) is 0. The summed E-state index contributed by atoms with van der Waals surface area (Å²) in [6.07, 6.45) is 4.69. The Morgan fingerprint density at radius 1 is 1.33 bits per heavy atom. The minimum absolute atomic E-state index is 0.528. The zero-order valence-electron chi connectivity index (χ0n) is 7.62.